The number of aliphatic hydroxyl groups excluding tert-OH is 1. The maximum Gasteiger partial charge on any atom is 0.295 e. The van der Waals surface area contributed by atoms with Crippen molar-refractivity contribution in [1.29, 1.82) is 0 Å². The molecule has 1 amide bonds. The van der Waals surface area contributed by atoms with Crippen LogP contribution >= 0.6 is 0 Å². The molecule has 1 heterocycles. The first-order chi connectivity index (χ1) is 13.0. The lowest BCUT2D eigenvalue weighted by Crippen LogP contribution is -2.31. The molecule has 1 aliphatic heterocycles. The van der Waals surface area contributed by atoms with E-state index in [0.29, 0.717) is 19.6 Å². The molecule has 0 aliphatic carbocycles. The van der Waals surface area contributed by atoms with Gasteiger partial charge in [-0.15, -0.1) is 0 Å². The highest BCUT2D eigenvalue weighted by Crippen LogP contribution is 2.39. The van der Waals surface area contributed by atoms with Crippen molar-refractivity contribution in [3.63, 3.8) is 0 Å². The van der Waals surface area contributed by atoms with Crippen LogP contribution in [0.25, 0.3) is 5.76 Å². The maximum atomic E-state index is 13.2. The fraction of sp³-hybridized carbons (Fsp3) is 0.238. The van der Waals surface area contributed by atoms with Gasteiger partial charge in [-0.05, 0) is 36.2 Å². The molecule has 1 atom stereocenters. The van der Waals surface area contributed by atoms with Crippen LogP contribution in [-0.4, -0.2) is 42.0 Å². The van der Waals surface area contributed by atoms with E-state index in [1.165, 1.54) is 29.2 Å². The van der Waals surface area contributed by atoms with Gasteiger partial charge in [-0.25, -0.2) is 4.39 Å². The minimum Gasteiger partial charge on any atom is -0.507 e. The number of benzene rings is 2. The van der Waals surface area contributed by atoms with Gasteiger partial charge < -0.3 is 14.7 Å². The van der Waals surface area contributed by atoms with Crippen LogP contribution in [0.5, 0.6) is 0 Å². The maximum absolute atomic E-state index is 13.2. The Morgan fingerprint density at radius 3 is 2.41 bits per heavy atom. The molecular weight excluding hydrogens is 349 g/mol. The lowest BCUT2D eigenvalue weighted by Gasteiger charge is -2.25. The van der Waals surface area contributed by atoms with Crippen LogP contribution in [-0.2, 0) is 14.3 Å². The van der Waals surface area contributed by atoms with Crippen LogP contribution in [0.1, 0.15) is 23.6 Å². The fourth-order valence-electron chi connectivity index (χ4n) is 3.24. The topological polar surface area (TPSA) is 66.8 Å². The summed E-state index contributed by atoms with van der Waals surface area (Å²) in [6.45, 7) is 0.765. The zero-order valence-corrected chi connectivity index (χ0v) is 14.9. The standard InChI is InChI=1S/C21H20FNO4/c1-27-13-5-12-23-18(14-6-3-2-4-7-14)17(20(25)21(23)26)19(24)15-8-10-16(22)11-9-15/h2-4,6-11,18,24H,5,12-13H2,1H3/b19-17-. The molecule has 1 saturated heterocycles. The third-order valence-corrected chi connectivity index (χ3v) is 4.52. The van der Waals surface area contributed by atoms with Gasteiger partial charge in [-0.3, -0.25) is 9.59 Å². The third kappa shape index (κ3) is 3.75. The number of amides is 1. The molecule has 2 aromatic rings. The van der Waals surface area contributed by atoms with E-state index in [1.54, 1.807) is 19.2 Å². The Morgan fingerprint density at radius 2 is 1.78 bits per heavy atom. The average Bonchev–Trinajstić information content (AvgIpc) is 2.94. The molecule has 3 rings (SSSR count). The minimum absolute atomic E-state index is 0.00947. The Kier molecular flexibility index (Phi) is 5.66. The number of Topliss-reactive ketones (excluding diaryl/α,β-unsaturated/α-hetero) is 1. The van der Waals surface area contributed by atoms with Crippen molar-refractivity contribution in [2.24, 2.45) is 0 Å². The van der Waals surface area contributed by atoms with Crippen LogP contribution in [0.3, 0.4) is 0 Å². The molecular formula is C21H20FNO4. The number of carbonyl (C=O) groups excluding carboxylic acids is 2. The molecule has 140 valence electrons. The number of methoxy groups -OCH3 is 1. The van der Waals surface area contributed by atoms with Gasteiger partial charge in [0.25, 0.3) is 11.7 Å². The highest BCUT2D eigenvalue weighted by Gasteiger charge is 2.45. The van der Waals surface area contributed by atoms with Crippen molar-refractivity contribution < 1.29 is 23.8 Å². The van der Waals surface area contributed by atoms with Gasteiger partial charge in [0.15, 0.2) is 0 Å². The molecule has 0 spiro atoms. The number of hydrogen-bond donors (Lipinski definition) is 1. The van der Waals surface area contributed by atoms with E-state index in [4.69, 9.17) is 4.74 Å². The van der Waals surface area contributed by atoms with Crippen molar-refractivity contribution in [3.8, 4) is 0 Å². The minimum atomic E-state index is -0.747. The van der Waals surface area contributed by atoms with Gasteiger partial charge in [0.1, 0.15) is 11.6 Å². The van der Waals surface area contributed by atoms with E-state index in [9.17, 15) is 19.1 Å². The number of hydrogen-bond acceptors (Lipinski definition) is 4. The lowest BCUT2D eigenvalue weighted by molar-refractivity contribution is -0.140. The normalized spacial score (nSPS) is 18.9. The van der Waals surface area contributed by atoms with E-state index < -0.39 is 23.5 Å². The predicted molar refractivity (Wildman–Crippen MR) is 98.3 cm³/mol. The van der Waals surface area contributed by atoms with Crippen molar-refractivity contribution in [1.82, 2.24) is 4.90 Å². The van der Waals surface area contributed by atoms with E-state index in [1.807, 2.05) is 18.2 Å². The number of likely N-dealkylation sites (tertiary alicyclic amines) is 1. The van der Waals surface area contributed by atoms with Gasteiger partial charge in [-0.2, -0.15) is 0 Å². The quantitative estimate of drug-likeness (QED) is 0.367. The summed E-state index contributed by atoms with van der Waals surface area (Å²) in [5.41, 5.74) is 1.01. The first kappa shape index (κ1) is 18.8. The van der Waals surface area contributed by atoms with Crippen molar-refractivity contribution in [2.75, 3.05) is 20.3 Å². The van der Waals surface area contributed by atoms with Crippen LogP contribution < -0.4 is 0 Å². The molecule has 0 radical (unpaired) electrons. The number of ether oxygens (including phenoxy) is 1. The molecule has 1 aliphatic rings. The highest BCUT2D eigenvalue weighted by molar-refractivity contribution is 6.46. The van der Waals surface area contributed by atoms with Gasteiger partial charge in [-0.1, -0.05) is 30.3 Å². The van der Waals surface area contributed by atoms with Crippen molar-refractivity contribution in [3.05, 3.63) is 77.1 Å². The van der Waals surface area contributed by atoms with Crippen LogP contribution in [0.2, 0.25) is 0 Å². The van der Waals surface area contributed by atoms with Gasteiger partial charge in [0.05, 0.1) is 11.6 Å². The molecule has 2 aromatic carbocycles. The van der Waals surface area contributed by atoms with Crippen LogP contribution in [0, 0.1) is 5.82 Å². The number of aliphatic hydroxyl groups is 1. The molecule has 6 heteroatoms. The molecule has 1 fully saturated rings. The van der Waals surface area contributed by atoms with Gasteiger partial charge in [0, 0.05) is 25.8 Å². The lowest BCUT2D eigenvalue weighted by atomic mass is 9.95. The third-order valence-electron chi connectivity index (χ3n) is 4.52. The molecule has 1 N–H and O–H groups in total. The summed E-state index contributed by atoms with van der Waals surface area (Å²) in [6.07, 6.45) is 0.559. The summed E-state index contributed by atoms with van der Waals surface area (Å²) in [6, 6.07) is 13.5. The zero-order chi connectivity index (χ0) is 19.4. The largest absolute Gasteiger partial charge is 0.507 e. The predicted octanol–water partition coefficient (Wildman–Crippen LogP) is 3.28. The average molecular weight is 369 g/mol. The Labute approximate surface area is 156 Å². The number of halogens is 1. The number of carbonyl (C=O) groups is 2. The molecule has 0 aromatic heterocycles. The van der Waals surface area contributed by atoms with Crippen LogP contribution in [0.15, 0.2) is 60.2 Å². The van der Waals surface area contributed by atoms with Gasteiger partial charge in [0.2, 0.25) is 0 Å². The Bertz CT molecular complexity index is 862. The second kappa shape index (κ2) is 8.14. The molecule has 1 unspecified atom stereocenters. The number of ketones is 1. The second-order valence-corrected chi connectivity index (χ2v) is 6.26. The summed E-state index contributed by atoms with van der Waals surface area (Å²) in [4.78, 5) is 26.8. The van der Waals surface area contributed by atoms with Crippen molar-refractivity contribution >= 4 is 17.4 Å². The van der Waals surface area contributed by atoms with E-state index in [2.05, 4.69) is 0 Å². The summed E-state index contributed by atoms with van der Waals surface area (Å²) in [5.74, 6) is -2.17. The summed E-state index contributed by atoms with van der Waals surface area (Å²) < 4.78 is 18.2. The Hall–Kier alpha value is -2.99. The zero-order valence-electron chi connectivity index (χ0n) is 14.9. The Morgan fingerprint density at radius 1 is 1.11 bits per heavy atom. The van der Waals surface area contributed by atoms with E-state index >= 15 is 0 Å². The molecule has 5 nitrogen and oxygen atoms in total. The van der Waals surface area contributed by atoms with Crippen LogP contribution in [0.4, 0.5) is 4.39 Å². The first-order valence-corrected chi connectivity index (χ1v) is 8.63. The summed E-state index contributed by atoms with van der Waals surface area (Å²) in [5, 5.41) is 10.8. The monoisotopic (exact) mass is 369 g/mol. The van der Waals surface area contributed by atoms with Gasteiger partial charge >= 0.3 is 0 Å². The first-order valence-electron chi connectivity index (χ1n) is 8.63. The van der Waals surface area contributed by atoms with Crippen molar-refractivity contribution in [2.45, 2.75) is 12.5 Å². The van der Waals surface area contributed by atoms with E-state index in [-0.39, 0.29) is 16.9 Å². The summed E-state index contributed by atoms with van der Waals surface area (Å²) in [7, 11) is 1.57. The summed E-state index contributed by atoms with van der Waals surface area (Å²) >= 11 is 0. The second-order valence-electron chi connectivity index (χ2n) is 6.26. The number of rotatable bonds is 6. The molecule has 0 saturated carbocycles. The molecule has 27 heavy (non-hydrogen) atoms. The smallest absolute Gasteiger partial charge is 0.295 e. The fourth-order valence-corrected chi connectivity index (χ4v) is 3.24. The highest BCUT2D eigenvalue weighted by atomic mass is 19.1. The number of nitrogens with zero attached hydrogens (tertiary/aromatic N) is 1. The Balaban J connectivity index is 2.09. The molecule has 0 bridgehead atoms. The van der Waals surface area contributed by atoms with E-state index in [0.717, 1.165) is 5.56 Å². The SMILES string of the molecule is COCCCN1C(=O)C(=O)/C(=C(\O)c2ccc(F)cc2)C1c1ccccc1.